The molecular weight excluding hydrogens is 214 g/mol. The topological polar surface area (TPSA) is 34.4 Å². The van der Waals surface area contributed by atoms with E-state index in [-0.39, 0.29) is 0 Å². The first-order valence-electron chi connectivity index (χ1n) is 6.64. The zero-order valence-corrected chi connectivity index (χ0v) is 10.9. The lowest BCUT2D eigenvalue weighted by atomic mass is 9.93. The van der Waals surface area contributed by atoms with E-state index in [2.05, 4.69) is 25.2 Å². The molecule has 1 aromatic rings. The number of hydrogen-bond donors (Lipinski definition) is 1. The monoisotopic (exact) mass is 237 g/mol. The molecule has 1 atom stereocenters. The average molecular weight is 237 g/mol. The van der Waals surface area contributed by atoms with E-state index >= 15 is 0 Å². The van der Waals surface area contributed by atoms with Crippen molar-refractivity contribution in [2.24, 2.45) is 5.92 Å². The van der Waals surface area contributed by atoms with Gasteiger partial charge in [-0.2, -0.15) is 0 Å². The zero-order chi connectivity index (χ0) is 12.1. The summed E-state index contributed by atoms with van der Waals surface area (Å²) in [6.07, 6.45) is 5.31. The molecule has 0 amide bonds. The van der Waals surface area contributed by atoms with Crippen LogP contribution >= 0.6 is 0 Å². The Balaban J connectivity index is 1.71. The molecule has 0 aliphatic heterocycles. The predicted molar refractivity (Wildman–Crippen MR) is 68.0 cm³/mol. The summed E-state index contributed by atoms with van der Waals surface area (Å²) in [6.45, 7) is 6.91. The van der Waals surface area contributed by atoms with Crippen molar-refractivity contribution in [1.82, 2.24) is 5.32 Å². The van der Waals surface area contributed by atoms with Crippen LogP contribution in [0.15, 0.2) is 16.7 Å². The summed E-state index contributed by atoms with van der Waals surface area (Å²) in [6, 6.07) is 2.56. The van der Waals surface area contributed by atoms with Crippen molar-refractivity contribution in [2.45, 2.75) is 39.2 Å². The van der Waals surface area contributed by atoms with Crippen LogP contribution in [0.1, 0.15) is 44.1 Å². The second-order valence-corrected chi connectivity index (χ2v) is 5.17. The van der Waals surface area contributed by atoms with Gasteiger partial charge in [-0.05, 0) is 24.8 Å². The first-order chi connectivity index (χ1) is 8.27. The number of fused-ring (bicyclic) bond motifs is 1. The van der Waals surface area contributed by atoms with Crippen LogP contribution in [0.5, 0.6) is 0 Å². The number of furan rings is 1. The molecular formula is C14H23NO2. The van der Waals surface area contributed by atoms with E-state index < -0.39 is 0 Å². The maximum Gasteiger partial charge on any atom is 0.108 e. The van der Waals surface area contributed by atoms with Gasteiger partial charge in [0, 0.05) is 31.2 Å². The molecule has 0 saturated carbocycles. The van der Waals surface area contributed by atoms with Crippen LogP contribution in [-0.2, 0) is 11.2 Å². The molecule has 1 heterocycles. The first-order valence-corrected chi connectivity index (χ1v) is 6.64. The molecule has 0 spiro atoms. The summed E-state index contributed by atoms with van der Waals surface area (Å²) in [4.78, 5) is 0. The molecule has 1 aliphatic rings. The molecule has 1 unspecified atom stereocenters. The molecule has 17 heavy (non-hydrogen) atoms. The summed E-state index contributed by atoms with van der Waals surface area (Å²) in [7, 11) is 0. The minimum Gasteiger partial charge on any atom is -0.469 e. The quantitative estimate of drug-likeness (QED) is 0.772. The average Bonchev–Trinajstić information content (AvgIpc) is 2.77. The Hall–Kier alpha value is -0.800. The van der Waals surface area contributed by atoms with Gasteiger partial charge >= 0.3 is 0 Å². The molecule has 1 N–H and O–H groups in total. The number of rotatable bonds is 6. The molecule has 96 valence electrons. The molecule has 0 radical (unpaired) electrons. The molecule has 0 saturated heterocycles. The van der Waals surface area contributed by atoms with Crippen molar-refractivity contribution < 1.29 is 9.15 Å². The zero-order valence-electron chi connectivity index (χ0n) is 10.9. The Bertz CT molecular complexity index is 333. The van der Waals surface area contributed by atoms with Crippen LogP contribution in [-0.4, -0.2) is 19.8 Å². The van der Waals surface area contributed by atoms with Gasteiger partial charge in [0.05, 0.1) is 12.9 Å². The number of nitrogens with one attached hydrogen (secondary N) is 1. The van der Waals surface area contributed by atoms with Crippen LogP contribution in [0.3, 0.4) is 0 Å². The highest BCUT2D eigenvalue weighted by Gasteiger charge is 2.21. The standard InChI is InChI=1S/C14H23NO2/c1-11(2)10-16-9-7-15-13-4-3-5-14-12(13)6-8-17-14/h6,8,11,13,15H,3-5,7,9-10H2,1-2H3. The van der Waals surface area contributed by atoms with Crippen LogP contribution in [0, 0.1) is 5.92 Å². The van der Waals surface area contributed by atoms with E-state index in [1.807, 2.05) is 0 Å². The third-order valence-electron chi connectivity index (χ3n) is 3.14. The Morgan fingerprint density at radius 2 is 2.41 bits per heavy atom. The van der Waals surface area contributed by atoms with Crippen molar-refractivity contribution in [3.63, 3.8) is 0 Å². The van der Waals surface area contributed by atoms with Gasteiger partial charge in [-0.3, -0.25) is 0 Å². The smallest absolute Gasteiger partial charge is 0.108 e. The molecule has 3 nitrogen and oxygen atoms in total. The second kappa shape index (κ2) is 6.22. The summed E-state index contributed by atoms with van der Waals surface area (Å²) < 4.78 is 11.0. The van der Waals surface area contributed by atoms with Crippen LogP contribution in [0.4, 0.5) is 0 Å². The molecule has 2 rings (SSSR count). The fourth-order valence-corrected chi connectivity index (χ4v) is 2.32. The molecule has 1 aliphatic carbocycles. The minimum atomic E-state index is 0.458. The van der Waals surface area contributed by atoms with Crippen molar-refractivity contribution in [3.05, 3.63) is 23.7 Å². The van der Waals surface area contributed by atoms with E-state index in [9.17, 15) is 0 Å². The van der Waals surface area contributed by atoms with Gasteiger partial charge in [0.15, 0.2) is 0 Å². The number of aryl methyl sites for hydroxylation is 1. The lowest BCUT2D eigenvalue weighted by Gasteiger charge is -2.22. The van der Waals surface area contributed by atoms with Crippen molar-refractivity contribution in [2.75, 3.05) is 19.8 Å². The molecule has 3 heteroatoms. The third kappa shape index (κ3) is 3.58. The molecule has 1 aromatic heterocycles. The Kier molecular flexibility index (Phi) is 4.63. The van der Waals surface area contributed by atoms with Gasteiger partial charge in [-0.1, -0.05) is 13.8 Å². The summed E-state index contributed by atoms with van der Waals surface area (Å²) in [5.74, 6) is 1.78. The van der Waals surface area contributed by atoms with Crippen LogP contribution < -0.4 is 5.32 Å². The predicted octanol–water partition coefficient (Wildman–Crippen LogP) is 2.92. The third-order valence-corrected chi connectivity index (χ3v) is 3.14. The highest BCUT2D eigenvalue weighted by molar-refractivity contribution is 5.23. The van der Waals surface area contributed by atoms with Gasteiger partial charge in [0.1, 0.15) is 5.76 Å². The van der Waals surface area contributed by atoms with Crippen molar-refractivity contribution in [1.29, 1.82) is 0 Å². The van der Waals surface area contributed by atoms with E-state index in [0.29, 0.717) is 12.0 Å². The van der Waals surface area contributed by atoms with Gasteiger partial charge in [0.25, 0.3) is 0 Å². The van der Waals surface area contributed by atoms with Gasteiger partial charge < -0.3 is 14.5 Å². The normalized spacial score (nSPS) is 19.6. The van der Waals surface area contributed by atoms with E-state index in [1.54, 1.807) is 6.26 Å². The van der Waals surface area contributed by atoms with E-state index in [4.69, 9.17) is 9.15 Å². The lowest BCUT2D eigenvalue weighted by Crippen LogP contribution is -2.28. The fourth-order valence-electron chi connectivity index (χ4n) is 2.32. The highest BCUT2D eigenvalue weighted by atomic mass is 16.5. The Labute approximate surface area is 104 Å². The molecule has 0 aromatic carbocycles. The Morgan fingerprint density at radius 3 is 3.24 bits per heavy atom. The fraction of sp³-hybridized carbons (Fsp3) is 0.714. The van der Waals surface area contributed by atoms with Crippen molar-refractivity contribution in [3.8, 4) is 0 Å². The summed E-state index contributed by atoms with van der Waals surface area (Å²) in [5.41, 5.74) is 1.35. The number of ether oxygens (including phenoxy) is 1. The Morgan fingerprint density at radius 1 is 1.53 bits per heavy atom. The lowest BCUT2D eigenvalue weighted by molar-refractivity contribution is 0.109. The van der Waals surface area contributed by atoms with E-state index in [1.165, 1.54) is 18.4 Å². The molecule has 0 fully saturated rings. The molecule has 0 bridgehead atoms. The summed E-state index contributed by atoms with van der Waals surface area (Å²) in [5, 5.41) is 3.55. The second-order valence-electron chi connectivity index (χ2n) is 5.17. The number of hydrogen-bond acceptors (Lipinski definition) is 3. The highest BCUT2D eigenvalue weighted by Crippen LogP contribution is 2.30. The largest absolute Gasteiger partial charge is 0.469 e. The van der Waals surface area contributed by atoms with Gasteiger partial charge in [-0.25, -0.2) is 0 Å². The van der Waals surface area contributed by atoms with Crippen molar-refractivity contribution >= 4 is 0 Å². The summed E-state index contributed by atoms with van der Waals surface area (Å²) >= 11 is 0. The first kappa shape index (κ1) is 12.7. The van der Waals surface area contributed by atoms with E-state index in [0.717, 1.165) is 31.9 Å². The maximum atomic E-state index is 5.57. The van der Waals surface area contributed by atoms with Crippen LogP contribution in [0.2, 0.25) is 0 Å². The maximum absolute atomic E-state index is 5.57. The van der Waals surface area contributed by atoms with Crippen LogP contribution in [0.25, 0.3) is 0 Å². The van der Waals surface area contributed by atoms with Gasteiger partial charge in [0.2, 0.25) is 0 Å². The minimum absolute atomic E-state index is 0.458. The SMILES string of the molecule is CC(C)COCCNC1CCCc2occc21. The van der Waals surface area contributed by atoms with Gasteiger partial charge in [-0.15, -0.1) is 0 Å².